The Balaban J connectivity index is 3.93. The van der Waals surface area contributed by atoms with Crippen molar-refractivity contribution < 1.29 is 32.9 Å². The van der Waals surface area contributed by atoms with Crippen LogP contribution in [-0.4, -0.2) is 73.4 Å². The molecule has 8 nitrogen and oxygen atoms in total. The van der Waals surface area contributed by atoms with Crippen LogP contribution in [0.1, 0.15) is 271 Å². The summed E-state index contributed by atoms with van der Waals surface area (Å²) in [7, 11) is 1.56. The first-order valence-electron chi connectivity index (χ1n) is 27.7. The smallest absolute Gasteiger partial charge is 0.387 e. The van der Waals surface area contributed by atoms with E-state index in [0.717, 1.165) is 38.5 Å². The van der Waals surface area contributed by atoms with E-state index in [0.29, 0.717) is 17.4 Å². The third kappa shape index (κ3) is 48.9. The molecule has 0 radical (unpaired) electrons. The highest BCUT2D eigenvalue weighted by Crippen LogP contribution is 2.43. The molecule has 3 atom stereocenters. The van der Waals surface area contributed by atoms with Gasteiger partial charge in [0.25, 0.3) is 0 Å². The highest BCUT2D eigenvalue weighted by Gasteiger charge is 2.27. The minimum absolute atomic E-state index is 0.0581. The number of amides is 1. The number of quaternary nitrogens is 1. The average molecular weight is 926 g/mol. The van der Waals surface area contributed by atoms with Crippen LogP contribution in [0.2, 0.25) is 0 Å². The van der Waals surface area contributed by atoms with Crippen LogP contribution in [-0.2, 0) is 18.4 Å². The second kappa shape index (κ2) is 47.1. The van der Waals surface area contributed by atoms with Crippen molar-refractivity contribution in [3.63, 3.8) is 0 Å². The number of nitrogens with one attached hydrogen (secondary N) is 1. The largest absolute Gasteiger partial charge is 0.472 e. The highest BCUT2D eigenvalue weighted by atomic mass is 31.2. The number of phosphoric ester groups is 1. The molecule has 0 aromatic carbocycles. The number of rotatable bonds is 51. The number of hydrogen-bond donors (Lipinski definition) is 3. The van der Waals surface area contributed by atoms with Gasteiger partial charge in [0.1, 0.15) is 13.2 Å². The molecule has 0 aromatic heterocycles. The number of carbonyl (C=O) groups is 1. The molecule has 3 N–H and O–H groups in total. The zero-order valence-electron chi connectivity index (χ0n) is 43.3. The van der Waals surface area contributed by atoms with Crippen molar-refractivity contribution in [3.8, 4) is 0 Å². The molecule has 3 unspecified atom stereocenters. The van der Waals surface area contributed by atoms with Crippen LogP contribution < -0.4 is 5.32 Å². The number of carbonyl (C=O) groups excluding carboxylic acids is 1. The van der Waals surface area contributed by atoms with E-state index in [1.165, 1.54) is 212 Å². The zero-order chi connectivity index (χ0) is 47.1. The van der Waals surface area contributed by atoms with Crippen LogP contribution in [0.15, 0.2) is 24.3 Å². The van der Waals surface area contributed by atoms with E-state index in [2.05, 4.69) is 31.3 Å². The van der Waals surface area contributed by atoms with Crippen molar-refractivity contribution >= 4 is 13.7 Å². The summed E-state index contributed by atoms with van der Waals surface area (Å²) >= 11 is 0. The Labute approximate surface area is 398 Å². The number of likely N-dealkylation sites (N-methyl/N-ethyl adjacent to an activating group) is 1. The molecule has 1 amide bonds. The van der Waals surface area contributed by atoms with E-state index in [1.54, 1.807) is 6.08 Å². The SMILES string of the molecule is CCCCCC/C=C/CC/C=C/C(O)C(COP(=O)(O)OCC[N+](C)(C)C)NC(=O)CCCCCCCCCCCCCCCCCCCCCCCCCCCCCCCCCC. The lowest BCUT2D eigenvalue weighted by Crippen LogP contribution is -2.45. The van der Waals surface area contributed by atoms with Crippen molar-refractivity contribution in [1.82, 2.24) is 5.32 Å². The van der Waals surface area contributed by atoms with Gasteiger partial charge in [-0.1, -0.05) is 256 Å². The van der Waals surface area contributed by atoms with E-state index >= 15 is 0 Å². The van der Waals surface area contributed by atoms with Gasteiger partial charge in [-0.2, -0.15) is 0 Å². The van der Waals surface area contributed by atoms with Crippen LogP contribution in [0.3, 0.4) is 0 Å². The molecule has 0 aromatic rings. The molecule has 0 aliphatic rings. The number of aliphatic hydroxyl groups excluding tert-OH is 1. The third-order valence-corrected chi connectivity index (χ3v) is 13.7. The molecule has 0 bridgehead atoms. The van der Waals surface area contributed by atoms with E-state index in [9.17, 15) is 19.4 Å². The van der Waals surface area contributed by atoms with Crippen LogP contribution >= 0.6 is 7.82 Å². The van der Waals surface area contributed by atoms with Gasteiger partial charge in [0.2, 0.25) is 5.91 Å². The van der Waals surface area contributed by atoms with Crippen LogP contribution in [0.5, 0.6) is 0 Å². The van der Waals surface area contributed by atoms with Gasteiger partial charge in [-0.3, -0.25) is 13.8 Å². The summed E-state index contributed by atoms with van der Waals surface area (Å²) in [5.41, 5.74) is 0. The Morgan fingerprint density at radius 2 is 0.859 bits per heavy atom. The molecule has 9 heteroatoms. The van der Waals surface area contributed by atoms with Crippen LogP contribution in [0.25, 0.3) is 0 Å². The molecule has 0 heterocycles. The first-order chi connectivity index (χ1) is 31.0. The summed E-state index contributed by atoms with van der Waals surface area (Å²) < 4.78 is 23.6. The number of phosphoric acid groups is 1. The van der Waals surface area contributed by atoms with Gasteiger partial charge >= 0.3 is 7.82 Å². The van der Waals surface area contributed by atoms with Crippen LogP contribution in [0.4, 0.5) is 0 Å². The minimum Gasteiger partial charge on any atom is -0.387 e. The van der Waals surface area contributed by atoms with E-state index in [4.69, 9.17) is 9.05 Å². The summed E-state index contributed by atoms with van der Waals surface area (Å²) in [6.45, 7) is 4.78. The molecule has 0 spiro atoms. The van der Waals surface area contributed by atoms with Crippen molar-refractivity contribution in [2.75, 3.05) is 40.9 Å². The number of hydrogen-bond acceptors (Lipinski definition) is 5. The molecule has 0 fully saturated rings. The van der Waals surface area contributed by atoms with E-state index in [-0.39, 0.29) is 19.1 Å². The predicted molar refractivity (Wildman–Crippen MR) is 277 cm³/mol. The number of allylic oxidation sites excluding steroid dienone is 3. The van der Waals surface area contributed by atoms with Crippen LogP contribution in [0, 0.1) is 0 Å². The van der Waals surface area contributed by atoms with Gasteiger partial charge in [-0.25, -0.2) is 4.57 Å². The summed E-state index contributed by atoms with van der Waals surface area (Å²) in [5, 5.41) is 13.8. The quantitative estimate of drug-likeness (QED) is 0.0243. The first-order valence-corrected chi connectivity index (χ1v) is 29.2. The maximum atomic E-state index is 12.9. The van der Waals surface area contributed by atoms with Gasteiger partial charge in [0.15, 0.2) is 0 Å². The van der Waals surface area contributed by atoms with E-state index in [1.807, 2.05) is 27.2 Å². The third-order valence-electron chi connectivity index (χ3n) is 12.7. The maximum Gasteiger partial charge on any atom is 0.472 e. The van der Waals surface area contributed by atoms with Crippen molar-refractivity contribution in [2.24, 2.45) is 0 Å². The molecule has 0 saturated carbocycles. The van der Waals surface area contributed by atoms with Gasteiger partial charge in [0.05, 0.1) is 39.9 Å². The first kappa shape index (κ1) is 63.0. The fourth-order valence-corrected chi connectivity index (χ4v) is 9.03. The topological polar surface area (TPSA) is 105 Å². The number of nitrogens with zero attached hydrogens (tertiary/aromatic N) is 1. The fraction of sp³-hybridized carbons (Fsp3) is 0.909. The molecule has 64 heavy (non-hydrogen) atoms. The summed E-state index contributed by atoms with van der Waals surface area (Å²) in [4.78, 5) is 23.2. The minimum atomic E-state index is -4.34. The maximum absolute atomic E-state index is 12.9. The monoisotopic (exact) mass is 926 g/mol. The lowest BCUT2D eigenvalue weighted by atomic mass is 10.0. The molecule has 0 saturated heterocycles. The zero-order valence-corrected chi connectivity index (χ0v) is 44.2. The summed E-state index contributed by atoms with van der Waals surface area (Å²) in [6.07, 6.45) is 58.8. The van der Waals surface area contributed by atoms with Crippen molar-refractivity contribution in [3.05, 3.63) is 24.3 Å². The Morgan fingerprint density at radius 1 is 0.516 bits per heavy atom. The average Bonchev–Trinajstić information content (AvgIpc) is 3.25. The molecule has 0 aliphatic carbocycles. The van der Waals surface area contributed by atoms with Crippen molar-refractivity contribution in [2.45, 2.75) is 283 Å². The lowest BCUT2D eigenvalue weighted by Gasteiger charge is -2.25. The van der Waals surface area contributed by atoms with Crippen molar-refractivity contribution in [1.29, 1.82) is 0 Å². The Kier molecular flexibility index (Phi) is 46.3. The Morgan fingerprint density at radius 3 is 1.25 bits per heavy atom. The second-order valence-corrected chi connectivity index (χ2v) is 21.8. The standard InChI is InChI=1S/C55H109N2O6P/c1-6-8-10-12-14-16-18-19-20-21-22-23-24-25-26-27-28-29-30-31-32-33-34-35-36-37-38-39-41-43-45-47-49-55(59)56-53(52-63-64(60,61)62-51-50-57(3,4)5)54(58)48-46-44-42-40-17-15-13-11-9-7-2/h17,40,46,48,53-54,58H,6-16,18-39,41-45,47,49-52H2,1-5H3,(H-,56,59,60,61)/p+1/b40-17+,48-46+. The normalized spacial score (nSPS) is 14.2. The van der Waals surface area contributed by atoms with E-state index < -0.39 is 20.0 Å². The summed E-state index contributed by atoms with van der Waals surface area (Å²) in [6, 6.07) is -0.858. The second-order valence-electron chi connectivity index (χ2n) is 20.3. The van der Waals surface area contributed by atoms with Gasteiger partial charge in [-0.15, -0.1) is 0 Å². The highest BCUT2D eigenvalue weighted by molar-refractivity contribution is 7.47. The Bertz CT molecular complexity index is 1090. The van der Waals surface area contributed by atoms with Gasteiger partial charge < -0.3 is 19.8 Å². The molecule has 0 rings (SSSR count). The molecular formula is C55H110N2O6P+. The molecule has 0 aliphatic heterocycles. The molecular weight excluding hydrogens is 816 g/mol. The summed E-state index contributed by atoms with van der Waals surface area (Å²) in [5.74, 6) is -0.184. The fourth-order valence-electron chi connectivity index (χ4n) is 8.30. The predicted octanol–water partition coefficient (Wildman–Crippen LogP) is 16.4. The van der Waals surface area contributed by atoms with Gasteiger partial charge in [0, 0.05) is 6.42 Å². The molecule has 380 valence electrons. The number of unbranched alkanes of at least 4 members (excludes halogenated alkanes) is 36. The van der Waals surface area contributed by atoms with Gasteiger partial charge in [-0.05, 0) is 32.1 Å². The number of aliphatic hydroxyl groups is 1. The Hall–Kier alpha value is -1.02. The lowest BCUT2D eigenvalue weighted by molar-refractivity contribution is -0.870.